The van der Waals surface area contributed by atoms with Crippen molar-refractivity contribution in [2.75, 3.05) is 14.2 Å². The van der Waals surface area contributed by atoms with Gasteiger partial charge >= 0.3 is 5.97 Å². The third kappa shape index (κ3) is 2.73. The van der Waals surface area contributed by atoms with Crippen LogP contribution in [0.5, 0.6) is 11.5 Å². The van der Waals surface area contributed by atoms with Crippen molar-refractivity contribution < 1.29 is 19.4 Å². The molecule has 0 saturated heterocycles. The Hall–Kier alpha value is -1.75. The summed E-state index contributed by atoms with van der Waals surface area (Å²) in [5.74, 6) is -0.415. The van der Waals surface area contributed by atoms with Gasteiger partial charge in [0, 0.05) is 17.7 Å². The molecule has 1 aromatic carbocycles. The summed E-state index contributed by atoms with van der Waals surface area (Å²) in [4.78, 5) is 11.0. The second-order valence-electron chi connectivity index (χ2n) is 4.21. The van der Waals surface area contributed by atoms with Crippen LogP contribution in [0.15, 0.2) is 12.1 Å². The van der Waals surface area contributed by atoms with Gasteiger partial charge in [0.2, 0.25) is 0 Å². The van der Waals surface area contributed by atoms with Crippen molar-refractivity contribution in [2.24, 2.45) is 11.7 Å². The van der Waals surface area contributed by atoms with Gasteiger partial charge in [-0.25, -0.2) is 0 Å². The first kappa shape index (κ1) is 14.3. The van der Waals surface area contributed by atoms with E-state index >= 15 is 0 Å². The smallest absolute Gasteiger partial charge is 0.308 e. The summed E-state index contributed by atoms with van der Waals surface area (Å²) in [5, 5.41) is 9.02. The highest BCUT2D eigenvalue weighted by Gasteiger charge is 2.26. The van der Waals surface area contributed by atoms with E-state index in [0.29, 0.717) is 17.1 Å². The fraction of sp³-hybridized carbons (Fsp3) is 0.462. The molecule has 5 nitrogen and oxygen atoms in total. The van der Waals surface area contributed by atoms with Gasteiger partial charge in [-0.05, 0) is 18.6 Å². The highest BCUT2D eigenvalue weighted by Crippen LogP contribution is 2.34. The van der Waals surface area contributed by atoms with Crippen LogP contribution < -0.4 is 15.2 Å². The first-order valence-corrected chi connectivity index (χ1v) is 5.63. The number of rotatable bonds is 5. The fourth-order valence-corrected chi connectivity index (χ4v) is 1.85. The van der Waals surface area contributed by atoms with E-state index in [-0.39, 0.29) is 0 Å². The van der Waals surface area contributed by atoms with Crippen molar-refractivity contribution in [2.45, 2.75) is 19.9 Å². The van der Waals surface area contributed by atoms with E-state index in [4.69, 9.17) is 20.3 Å². The normalized spacial score (nSPS) is 13.8. The Bertz CT molecular complexity index is 445. The number of aliphatic carboxylic acids is 1. The molecule has 5 heteroatoms. The molecular formula is C13H19NO4. The number of carboxylic acid groups (broad SMARTS) is 1. The Morgan fingerprint density at radius 3 is 2.39 bits per heavy atom. The number of hydrogen-bond acceptors (Lipinski definition) is 4. The van der Waals surface area contributed by atoms with Gasteiger partial charge in [-0.15, -0.1) is 0 Å². The molecule has 1 rings (SSSR count). The van der Waals surface area contributed by atoms with E-state index in [1.54, 1.807) is 20.1 Å². The van der Waals surface area contributed by atoms with Crippen molar-refractivity contribution in [1.82, 2.24) is 0 Å². The lowest BCUT2D eigenvalue weighted by Crippen LogP contribution is -2.26. The summed E-state index contributed by atoms with van der Waals surface area (Å²) >= 11 is 0. The predicted molar refractivity (Wildman–Crippen MR) is 68.0 cm³/mol. The van der Waals surface area contributed by atoms with Crippen LogP contribution in [0.1, 0.15) is 24.1 Å². The molecule has 3 N–H and O–H groups in total. The van der Waals surface area contributed by atoms with Gasteiger partial charge in [-0.1, -0.05) is 6.92 Å². The van der Waals surface area contributed by atoms with Crippen molar-refractivity contribution in [3.05, 3.63) is 23.3 Å². The van der Waals surface area contributed by atoms with E-state index in [1.807, 2.05) is 13.0 Å². The van der Waals surface area contributed by atoms with Crippen molar-refractivity contribution in [3.63, 3.8) is 0 Å². The first-order valence-electron chi connectivity index (χ1n) is 5.63. The molecule has 0 amide bonds. The van der Waals surface area contributed by atoms with E-state index in [2.05, 4.69) is 0 Å². The van der Waals surface area contributed by atoms with Crippen LogP contribution in [-0.4, -0.2) is 25.3 Å². The van der Waals surface area contributed by atoms with Crippen molar-refractivity contribution in [3.8, 4) is 11.5 Å². The van der Waals surface area contributed by atoms with Gasteiger partial charge in [0.15, 0.2) is 0 Å². The minimum Gasteiger partial charge on any atom is -0.497 e. The summed E-state index contributed by atoms with van der Waals surface area (Å²) in [6.07, 6.45) is 0. The van der Waals surface area contributed by atoms with Gasteiger partial charge in [-0.3, -0.25) is 4.79 Å². The van der Waals surface area contributed by atoms with Crippen LogP contribution in [0.3, 0.4) is 0 Å². The quantitative estimate of drug-likeness (QED) is 0.835. The number of hydrogen-bond donors (Lipinski definition) is 2. The molecule has 2 atom stereocenters. The van der Waals surface area contributed by atoms with Crippen LogP contribution in [0, 0.1) is 12.8 Å². The molecule has 0 spiro atoms. The van der Waals surface area contributed by atoms with Gasteiger partial charge < -0.3 is 20.3 Å². The monoisotopic (exact) mass is 253 g/mol. The molecule has 0 aliphatic heterocycles. The third-order valence-corrected chi connectivity index (χ3v) is 3.04. The van der Waals surface area contributed by atoms with E-state index < -0.39 is 17.9 Å². The Morgan fingerprint density at radius 2 is 1.94 bits per heavy atom. The number of nitrogens with two attached hydrogens (primary N) is 1. The fourth-order valence-electron chi connectivity index (χ4n) is 1.85. The van der Waals surface area contributed by atoms with Crippen LogP contribution in [0.4, 0.5) is 0 Å². The molecule has 0 aromatic heterocycles. The second kappa shape index (κ2) is 5.73. The summed E-state index contributed by atoms with van der Waals surface area (Å²) < 4.78 is 10.4. The van der Waals surface area contributed by atoms with Crippen LogP contribution in [0.2, 0.25) is 0 Å². The minimum atomic E-state index is -0.931. The third-order valence-electron chi connectivity index (χ3n) is 3.04. The molecule has 0 saturated carbocycles. The number of methoxy groups -OCH3 is 2. The molecule has 0 radical (unpaired) electrons. The lowest BCUT2D eigenvalue weighted by molar-refractivity contribution is -0.141. The highest BCUT2D eigenvalue weighted by molar-refractivity contribution is 5.71. The van der Waals surface area contributed by atoms with Crippen molar-refractivity contribution in [1.29, 1.82) is 0 Å². The lowest BCUT2D eigenvalue weighted by Gasteiger charge is -2.22. The first-order chi connectivity index (χ1) is 8.42. The van der Waals surface area contributed by atoms with Gasteiger partial charge in [-0.2, -0.15) is 0 Å². The predicted octanol–water partition coefficient (Wildman–Crippen LogP) is 1.73. The topological polar surface area (TPSA) is 81.8 Å². The van der Waals surface area contributed by atoms with Crippen LogP contribution >= 0.6 is 0 Å². The summed E-state index contributed by atoms with van der Waals surface area (Å²) in [7, 11) is 3.09. The maximum atomic E-state index is 11.0. The molecule has 1 aromatic rings. The minimum absolute atomic E-state index is 0.549. The second-order valence-corrected chi connectivity index (χ2v) is 4.21. The molecule has 100 valence electrons. The number of ether oxygens (including phenoxy) is 2. The summed E-state index contributed by atoms with van der Waals surface area (Å²) in [6.45, 7) is 3.44. The molecule has 2 unspecified atom stereocenters. The van der Waals surface area contributed by atoms with Gasteiger partial charge in [0.25, 0.3) is 0 Å². The Labute approximate surface area is 107 Å². The van der Waals surface area contributed by atoms with E-state index in [9.17, 15) is 4.79 Å². The standard InChI is InChI=1S/C13H19NO4/c1-7-5-9(17-3)6-10(18-4)11(7)12(14)8(2)13(15)16/h5-6,8,12H,14H2,1-4H3,(H,15,16). The zero-order valence-electron chi connectivity index (χ0n) is 11.1. The molecule has 0 aliphatic carbocycles. The van der Waals surface area contributed by atoms with E-state index in [0.717, 1.165) is 5.56 Å². The summed E-state index contributed by atoms with van der Waals surface area (Å²) in [5.41, 5.74) is 7.56. The molecule has 0 aliphatic rings. The average molecular weight is 253 g/mol. The average Bonchev–Trinajstić information content (AvgIpc) is 2.35. The Kier molecular flexibility index (Phi) is 4.55. The molecule has 0 fully saturated rings. The SMILES string of the molecule is COc1cc(C)c(C(N)C(C)C(=O)O)c(OC)c1. The maximum Gasteiger partial charge on any atom is 0.308 e. The molecule has 0 heterocycles. The Morgan fingerprint density at radius 1 is 1.33 bits per heavy atom. The highest BCUT2D eigenvalue weighted by atomic mass is 16.5. The largest absolute Gasteiger partial charge is 0.497 e. The maximum absolute atomic E-state index is 11.0. The molecular weight excluding hydrogens is 234 g/mol. The van der Waals surface area contributed by atoms with Gasteiger partial charge in [0.1, 0.15) is 11.5 Å². The number of benzene rings is 1. The Balaban J connectivity index is 3.26. The number of carbonyl (C=O) groups is 1. The zero-order valence-corrected chi connectivity index (χ0v) is 11.1. The van der Waals surface area contributed by atoms with Crippen molar-refractivity contribution >= 4 is 5.97 Å². The number of carboxylic acids is 1. The molecule has 0 bridgehead atoms. The van der Waals surface area contributed by atoms with Crippen LogP contribution in [-0.2, 0) is 4.79 Å². The lowest BCUT2D eigenvalue weighted by atomic mass is 9.91. The molecule has 18 heavy (non-hydrogen) atoms. The number of aryl methyl sites for hydroxylation is 1. The summed E-state index contributed by atoms with van der Waals surface area (Å²) in [6, 6.07) is 2.90. The van der Waals surface area contributed by atoms with E-state index in [1.165, 1.54) is 7.11 Å². The zero-order chi connectivity index (χ0) is 13.9. The van der Waals surface area contributed by atoms with Crippen LogP contribution in [0.25, 0.3) is 0 Å². The van der Waals surface area contributed by atoms with Gasteiger partial charge in [0.05, 0.1) is 20.1 Å².